The van der Waals surface area contributed by atoms with E-state index < -0.39 is 0 Å². The minimum Gasteiger partial charge on any atom is -0.457 e. The van der Waals surface area contributed by atoms with Gasteiger partial charge in [-0.3, -0.25) is 10.8 Å². The first kappa shape index (κ1) is 21.2. The molecule has 0 unspecified atom stereocenters. The maximum absolute atomic E-state index is 8.57. The van der Waals surface area contributed by atoms with Gasteiger partial charge in [-0.15, -0.1) is 0 Å². The van der Waals surface area contributed by atoms with Crippen molar-refractivity contribution >= 4 is 21.8 Å². The number of fused-ring (bicyclic) bond motifs is 2. The molecule has 162 valence electrons. The Morgan fingerprint density at radius 3 is 2.09 bits per heavy atom. The lowest BCUT2D eigenvalue weighted by Gasteiger charge is -2.34. The van der Waals surface area contributed by atoms with Crippen LogP contribution in [0.25, 0.3) is 11.1 Å². The molecule has 0 amide bonds. The molecule has 0 fully saturated rings. The largest absolute Gasteiger partial charge is 0.457 e. The van der Waals surface area contributed by atoms with Gasteiger partial charge in [0.1, 0.15) is 21.6 Å². The van der Waals surface area contributed by atoms with Crippen molar-refractivity contribution in [3.63, 3.8) is 0 Å². The summed E-state index contributed by atoms with van der Waals surface area (Å²) in [5, 5.41) is 17.6. The van der Waals surface area contributed by atoms with Crippen molar-refractivity contribution in [2.24, 2.45) is 0 Å². The third-order valence-electron chi connectivity index (χ3n) is 6.13. The van der Waals surface area contributed by atoms with Crippen LogP contribution in [0.1, 0.15) is 36.1 Å². The van der Waals surface area contributed by atoms with Crippen molar-refractivity contribution in [3.05, 3.63) is 119 Å². The second kappa shape index (κ2) is 8.38. The Balaban J connectivity index is 1.44. The van der Waals surface area contributed by atoms with E-state index in [0.717, 1.165) is 39.3 Å². The van der Waals surface area contributed by atoms with Gasteiger partial charge in [-0.1, -0.05) is 98.4 Å². The van der Waals surface area contributed by atoms with E-state index in [4.69, 9.17) is 15.6 Å². The molecule has 4 aromatic carbocycles. The smallest absolute Gasteiger partial charge is 0.131 e. The van der Waals surface area contributed by atoms with Gasteiger partial charge in [0.2, 0.25) is 0 Å². The van der Waals surface area contributed by atoms with Crippen LogP contribution in [0.3, 0.4) is 0 Å². The molecule has 0 bridgehead atoms. The Morgan fingerprint density at radius 1 is 0.636 bits per heavy atom. The Hall–Kier alpha value is -3.63. The van der Waals surface area contributed by atoms with Crippen molar-refractivity contribution in [1.82, 2.24) is 0 Å². The molecule has 4 aromatic rings. The first-order valence-corrected chi connectivity index (χ1v) is 11.7. The predicted molar refractivity (Wildman–Crippen MR) is 138 cm³/mol. The number of rotatable bonds is 3. The van der Waals surface area contributed by atoms with E-state index in [2.05, 4.69) is 44.2 Å². The molecule has 0 atom stereocenters. The van der Waals surface area contributed by atoms with Crippen LogP contribution in [0.2, 0.25) is 0 Å². The van der Waals surface area contributed by atoms with Crippen LogP contribution in [-0.2, 0) is 5.41 Å². The number of nitrogens with one attached hydrogen (secondary N) is 2. The molecule has 4 heteroatoms. The minimum atomic E-state index is -0.175. The first-order chi connectivity index (χ1) is 15.9. The molecule has 0 saturated heterocycles. The van der Waals surface area contributed by atoms with Gasteiger partial charge in [-0.2, -0.15) is 0 Å². The molecule has 0 saturated carbocycles. The molecule has 33 heavy (non-hydrogen) atoms. The van der Waals surface area contributed by atoms with E-state index in [1.807, 2.05) is 66.7 Å². The molecular formula is C29H24N2OS. The zero-order valence-electron chi connectivity index (χ0n) is 18.6. The van der Waals surface area contributed by atoms with Gasteiger partial charge in [0.05, 0.1) is 0 Å². The van der Waals surface area contributed by atoms with Crippen molar-refractivity contribution in [2.45, 2.75) is 19.3 Å². The lowest BCUT2D eigenvalue weighted by Crippen LogP contribution is -2.24. The van der Waals surface area contributed by atoms with Crippen LogP contribution in [0, 0.1) is 10.8 Å². The van der Waals surface area contributed by atoms with E-state index in [0.29, 0.717) is 10.1 Å². The summed E-state index contributed by atoms with van der Waals surface area (Å²) in [5.41, 5.74) is 5.91. The maximum Gasteiger partial charge on any atom is 0.131 e. The van der Waals surface area contributed by atoms with Gasteiger partial charge in [0, 0.05) is 27.7 Å². The summed E-state index contributed by atoms with van der Waals surface area (Å²) in [6.45, 7) is 4.46. The van der Waals surface area contributed by atoms with E-state index in [-0.39, 0.29) is 5.41 Å². The molecule has 1 aliphatic rings. The number of benzene rings is 4. The first-order valence-electron chi connectivity index (χ1n) is 10.9. The van der Waals surface area contributed by atoms with E-state index >= 15 is 0 Å². The van der Waals surface area contributed by atoms with E-state index in [9.17, 15) is 0 Å². The van der Waals surface area contributed by atoms with Crippen LogP contribution in [0.5, 0.6) is 11.5 Å². The average Bonchev–Trinajstić information content (AvgIpc) is 2.84. The van der Waals surface area contributed by atoms with Crippen molar-refractivity contribution < 1.29 is 4.74 Å². The highest BCUT2D eigenvalue weighted by Crippen LogP contribution is 2.48. The van der Waals surface area contributed by atoms with Gasteiger partial charge >= 0.3 is 0 Å². The molecular weight excluding hydrogens is 424 g/mol. The summed E-state index contributed by atoms with van der Waals surface area (Å²) in [6.07, 6.45) is 0. The number of hydrogen-bond donors (Lipinski definition) is 2. The Kier molecular flexibility index (Phi) is 5.39. The van der Waals surface area contributed by atoms with Crippen LogP contribution in [0.4, 0.5) is 0 Å². The minimum absolute atomic E-state index is 0.175. The monoisotopic (exact) mass is 448 g/mol. The quantitative estimate of drug-likeness (QED) is 0.247. The zero-order chi connectivity index (χ0) is 23.0. The van der Waals surface area contributed by atoms with Gasteiger partial charge < -0.3 is 4.74 Å². The molecule has 2 N–H and O–H groups in total. The summed E-state index contributed by atoms with van der Waals surface area (Å²) in [7, 11) is 0. The lowest BCUT2D eigenvalue weighted by molar-refractivity contribution is 0.418. The van der Waals surface area contributed by atoms with E-state index in [1.54, 1.807) is 0 Å². The Morgan fingerprint density at radius 2 is 1.27 bits per heavy atom. The molecule has 0 spiro atoms. The summed E-state index contributed by atoms with van der Waals surface area (Å²) >= 11 is 1.17. The summed E-state index contributed by atoms with van der Waals surface area (Å²) in [5.74, 6) is 1.80. The average molecular weight is 449 g/mol. The summed E-state index contributed by atoms with van der Waals surface area (Å²) < 4.78 is 6.19. The number of ether oxygens (including phenoxy) is 1. The third kappa shape index (κ3) is 3.98. The zero-order valence-corrected chi connectivity index (χ0v) is 19.4. The highest BCUT2D eigenvalue weighted by atomic mass is 32.2. The molecule has 0 aromatic heterocycles. The molecule has 3 nitrogen and oxygen atoms in total. The van der Waals surface area contributed by atoms with Crippen molar-refractivity contribution in [3.8, 4) is 22.6 Å². The van der Waals surface area contributed by atoms with Crippen molar-refractivity contribution in [1.29, 1.82) is 10.8 Å². The molecule has 0 aliphatic carbocycles. The van der Waals surface area contributed by atoms with Gasteiger partial charge in [-0.25, -0.2) is 0 Å². The van der Waals surface area contributed by atoms with Crippen LogP contribution in [-0.4, -0.2) is 10.1 Å². The fourth-order valence-corrected chi connectivity index (χ4v) is 4.97. The molecule has 5 rings (SSSR count). The second-order valence-electron chi connectivity index (χ2n) is 8.64. The summed E-state index contributed by atoms with van der Waals surface area (Å²) in [4.78, 5) is 0. The van der Waals surface area contributed by atoms with Crippen LogP contribution < -0.4 is 4.74 Å². The standard InChI is InChI=1S/C29H24N2OS/c1-29(2)23-13-6-7-14-25(23)32-26-16-15-21(18-24(26)29)20-11-8-12-22(17-20)28(31)33-27(30)19-9-4-3-5-10-19/h3-18,30-31H,1-2H3. The molecule has 1 heterocycles. The number of hydrogen-bond acceptors (Lipinski definition) is 4. The van der Waals surface area contributed by atoms with Gasteiger partial charge in [0.15, 0.2) is 0 Å². The number of para-hydroxylation sites is 1. The van der Waals surface area contributed by atoms with Crippen molar-refractivity contribution in [2.75, 3.05) is 0 Å². The van der Waals surface area contributed by atoms with Gasteiger partial charge in [0.25, 0.3) is 0 Å². The fraction of sp³-hybridized carbons (Fsp3) is 0.103. The maximum atomic E-state index is 8.57. The topological polar surface area (TPSA) is 56.9 Å². The molecule has 1 aliphatic heterocycles. The normalized spacial score (nSPS) is 13.4. The number of thioether (sulfide) groups is 1. The van der Waals surface area contributed by atoms with Crippen LogP contribution >= 0.6 is 11.8 Å². The summed E-state index contributed by atoms with van der Waals surface area (Å²) in [6, 6.07) is 32.1. The lowest BCUT2D eigenvalue weighted by atomic mass is 9.75. The van der Waals surface area contributed by atoms with Crippen LogP contribution in [0.15, 0.2) is 97.1 Å². The Bertz CT molecular complexity index is 1380. The highest BCUT2D eigenvalue weighted by Gasteiger charge is 2.34. The second-order valence-corrected chi connectivity index (χ2v) is 9.66. The predicted octanol–water partition coefficient (Wildman–Crippen LogP) is 7.87. The highest BCUT2D eigenvalue weighted by molar-refractivity contribution is 8.27. The third-order valence-corrected chi connectivity index (χ3v) is 7.01. The van der Waals surface area contributed by atoms with Gasteiger partial charge in [-0.05, 0) is 35.4 Å². The van der Waals surface area contributed by atoms with E-state index in [1.165, 1.54) is 17.3 Å². The molecule has 0 radical (unpaired) electrons. The Labute approximate surface area is 198 Å². The fourth-order valence-electron chi connectivity index (χ4n) is 4.27. The SMILES string of the molecule is CC1(C)c2ccccc2Oc2ccc(-c3cccc(C(=N)SC(=N)c4ccccc4)c3)cc21.